The van der Waals surface area contributed by atoms with Gasteiger partial charge in [-0.3, -0.25) is 4.79 Å². The summed E-state index contributed by atoms with van der Waals surface area (Å²) in [4.78, 5) is 26.0. The van der Waals surface area contributed by atoms with Crippen LogP contribution in [-0.4, -0.2) is 25.5 Å². The first-order valence-electron chi connectivity index (χ1n) is 8.40. The third kappa shape index (κ3) is 3.83. The van der Waals surface area contributed by atoms with Crippen molar-refractivity contribution < 1.29 is 19.1 Å². The topological polar surface area (TPSA) is 55.8 Å². The zero-order valence-corrected chi connectivity index (χ0v) is 15.5. The van der Waals surface area contributed by atoms with Crippen LogP contribution in [0.5, 0.6) is 5.75 Å². The summed E-state index contributed by atoms with van der Waals surface area (Å²) in [6.07, 6.45) is 1.29. The molecular weight excluding hydrogens is 354 g/mol. The number of ether oxygens (including phenoxy) is 2. The van der Waals surface area contributed by atoms with Crippen molar-refractivity contribution >= 4 is 29.2 Å². The molecule has 1 saturated heterocycles. The molecule has 1 heterocycles. The van der Waals surface area contributed by atoms with E-state index >= 15 is 0 Å². The van der Waals surface area contributed by atoms with Gasteiger partial charge in [0.2, 0.25) is 5.91 Å². The molecule has 1 fully saturated rings. The van der Waals surface area contributed by atoms with Crippen molar-refractivity contribution in [3.63, 3.8) is 0 Å². The van der Waals surface area contributed by atoms with E-state index in [1.165, 1.54) is 0 Å². The molecule has 2 aromatic rings. The minimum Gasteiger partial charge on any atom is -0.496 e. The van der Waals surface area contributed by atoms with E-state index in [1.807, 2.05) is 25.1 Å². The molecule has 0 radical (unpaired) electrons. The quantitative estimate of drug-likeness (QED) is 0.739. The normalized spacial score (nSPS) is 13.8. The molecule has 0 bridgehead atoms. The van der Waals surface area contributed by atoms with Gasteiger partial charge in [-0.2, -0.15) is 0 Å². The Morgan fingerprint density at radius 2 is 2.04 bits per heavy atom. The fraction of sp³-hybridized carbons (Fsp3) is 0.300. The molecule has 6 heteroatoms. The summed E-state index contributed by atoms with van der Waals surface area (Å²) >= 11 is 6.21. The maximum atomic E-state index is 12.5. The maximum absolute atomic E-state index is 12.5. The molecule has 26 heavy (non-hydrogen) atoms. The SMILES string of the molecule is COc1ccc(C)cc1COC(=O)c1ccc(Cl)c(N2CCCC2=O)c1. The molecule has 0 atom stereocenters. The highest BCUT2D eigenvalue weighted by molar-refractivity contribution is 6.34. The van der Waals surface area contributed by atoms with Crippen molar-refractivity contribution in [1.82, 2.24) is 0 Å². The molecule has 0 saturated carbocycles. The summed E-state index contributed by atoms with van der Waals surface area (Å²) in [5.41, 5.74) is 2.76. The second-order valence-corrected chi connectivity index (χ2v) is 6.61. The van der Waals surface area contributed by atoms with E-state index in [1.54, 1.807) is 30.2 Å². The molecule has 2 aromatic carbocycles. The number of carbonyl (C=O) groups is 2. The first-order chi connectivity index (χ1) is 12.5. The molecule has 0 aliphatic carbocycles. The van der Waals surface area contributed by atoms with Crippen molar-refractivity contribution in [3.05, 3.63) is 58.1 Å². The van der Waals surface area contributed by atoms with E-state index < -0.39 is 5.97 Å². The smallest absolute Gasteiger partial charge is 0.338 e. The minimum atomic E-state index is -0.474. The van der Waals surface area contributed by atoms with Crippen molar-refractivity contribution in [2.24, 2.45) is 0 Å². The van der Waals surface area contributed by atoms with Crippen molar-refractivity contribution in [2.75, 3.05) is 18.6 Å². The molecule has 0 aromatic heterocycles. The zero-order chi connectivity index (χ0) is 18.7. The second-order valence-electron chi connectivity index (χ2n) is 6.21. The van der Waals surface area contributed by atoms with Gasteiger partial charge < -0.3 is 14.4 Å². The van der Waals surface area contributed by atoms with E-state index in [-0.39, 0.29) is 12.5 Å². The fourth-order valence-electron chi connectivity index (χ4n) is 3.00. The van der Waals surface area contributed by atoms with E-state index in [4.69, 9.17) is 21.1 Å². The lowest BCUT2D eigenvalue weighted by Crippen LogP contribution is -2.24. The lowest BCUT2D eigenvalue weighted by Gasteiger charge is -2.18. The molecule has 1 aliphatic rings. The Bertz CT molecular complexity index is 850. The van der Waals surface area contributed by atoms with Crippen LogP contribution >= 0.6 is 11.6 Å². The molecule has 1 amide bonds. The van der Waals surface area contributed by atoms with E-state index in [9.17, 15) is 9.59 Å². The number of hydrogen-bond acceptors (Lipinski definition) is 4. The molecule has 3 rings (SSSR count). The molecule has 0 unspecified atom stereocenters. The summed E-state index contributed by atoms with van der Waals surface area (Å²) in [5, 5.41) is 0.442. The van der Waals surface area contributed by atoms with Gasteiger partial charge in [-0.1, -0.05) is 23.2 Å². The predicted molar refractivity (Wildman–Crippen MR) is 99.9 cm³/mol. The van der Waals surface area contributed by atoms with Crippen LogP contribution in [0.25, 0.3) is 0 Å². The van der Waals surface area contributed by atoms with Gasteiger partial charge in [0.25, 0.3) is 0 Å². The Hall–Kier alpha value is -2.53. The van der Waals surface area contributed by atoms with Gasteiger partial charge in [0.05, 0.1) is 23.4 Å². The van der Waals surface area contributed by atoms with Crippen molar-refractivity contribution in [2.45, 2.75) is 26.4 Å². The van der Waals surface area contributed by atoms with Crippen LogP contribution in [-0.2, 0) is 16.1 Å². The molecule has 0 spiro atoms. The second kappa shape index (κ2) is 7.79. The highest BCUT2D eigenvalue weighted by Gasteiger charge is 2.24. The van der Waals surface area contributed by atoms with Gasteiger partial charge in [-0.25, -0.2) is 4.79 Å². The molecule has 136 valence electrons. The first-order valence-corrected chi connectivity index (χ1v) is 8.78. The van der Waals surface area contributed by atoms with Crippen LogP contribution < -0.4 is 9.64 Å². The first kappa shape index (κ1) is 18.3. The number of rotatable bonds is 5. The number of aryl methyl sites for hydroxylation is 1. The van der Waals surface area contributed by atoms with Crippen LogP contribution in [0.3, 0.4) is 0 Å². The van der Waals surface area contributed by atoms with Gasteiger partial charge in [-0.15, -0.1) is 0 Å². The zero-order valence-electron chi connectivity index (χ0n) is 14.8. The molecule has 1 aliphatic heterocycles. The molecular formula is C20H20ClNO4. The third-order valence-corrected chi connectivity index (χ3v) is 4.66. The number of nitrogens with zero attached hydrogens (tertiary/aromatic N) is 1. The third-order valence-electron chi connectivity index (χ3n) is 4.34. The maximum Gasteiger partial charge on any atom is 0.338 e. The van der Waals surface area contributed by atoms with Crippen LogP contribution in [0, 0.1) is 6.92 Å². The monoisotopic (exact) mass is 373 g/mol. The van der Waals surface area contributed by atoms with Gasteiger partial charge in [0.1, 0.15) is 12.4 Å². The summed E-state index contributed by atoms with van der Waals surface area (Å²) in [6.45, 7) is 2.67. The summed E-state index contributed by atoms with van der Waals surface area (Å²) in [5.74, 6) is 0.211. The lowest BCUT2D eigenvalue weighted by molar-refractivity contribution is -0.117. The molecule has 0 N–H and O–H groups in total. The van der Waals surface area contributed by atoms with Gasteiger partial charge in [0.15, 0.2) is 0 Å². The van der Waals surface area contributed by atoms with E-state index in [2.05, 4.69) is 0 Å². The average Bonchev–Trinajstić information content (AvgIpc) is 3.06. The van der Waals surface area contributed by atoms with E-state index in [0.717, 1.165) is 17.5 Å². The van der Waals surface area contributed by atoms with Crippen LogP contribution in [0.1, 0.15) is 34.3 Å². The standard InChI is InChI=1S/C20H20ClNO4/c1-13-5-8-18(25-2)15(10-13)12-26-20(24)14-6-7-16(21)17(11-14)22-9-3-4-19(22)23/h5-8,10-11H,3-4,9,12H2,1-2H3. The predicted octanol–water partition coefficient (Wildman–Crippen LogP) is 4.14. The molecule has 5 nitrogen and oxygen atoms in total. The van der Waals surface area contributed by atoms with Crippen LogP contribution in [0.4, 0.5) is 5.69 Å². The fourth-order valence-corrected chi connectivity index (χ4v) is 3.22. The Morgan fingerprint density at radius 3 is 2.73 bits per heavy atom. The number of amides is 1. The number of halogens is 1. The van der Waals surface area contributed by atoms with Crippen molar-refractivity contribution in [3.8, 4) is 5.75 Å². The van der Waals surface area contributed by atoms with Crippen LogP contribution in [0.2, 0.25) is 5.02 Å². The Morgan fingerprint density at radius 1 is 1.23 bits per heavy atom. The number of carbonyl (C=O) groups excluding carboxylic acids is 2. The average molecular weight is 374 g/mol. The van der Waals surface area contributed by atoms with Crippen LogP contribution in [0.15, 0.2) is 36.4 Å². The number of esters is 1. The summed E-state index contributed by atoms with van der Waals surface area (Å²) in [6, 6.07) is 10.5. The Balaban J connectivity index is 1.76. The lowest BCUT2D eigenvalue weighted by atomic mass is 10.1. The minimum absolute atomic E-state index is 0.0157. The van der Waals surface area contributed by atoms with Gasteiger partial charge >= 0.3 is 5.97 Å². The Labute approximate surface area is 157 Å². The number of hydrogen-bond donors (Lipinski definition) is 0. The van der Waals surface area contributed by atoms with Gasteiger partial charge in [-0.05, 0) is 43.7 Å². The summed E-state index contributed by atoms with van der Waals surface area (Å²) in [7, 11) is 1.58. The number of benzene rings is 2. The van der Waals surface area contributed by atoms with Gasteiger partial charge in [0, 0.05) is 18.5 Å². The largest absolute Gasteiger partial charge is 0.496 e. The number of anilines is 1. The number of methoxy groups -OCH3 is 1. The highest BCUT2D eigenvalue weighted by Crippen LogP contribution is 2.31. The highest BCUT2D eigenvalue weighted by atomic mass is 35.5. The van der Waals surface area contributed by atoms with Crippen molar-refractivity contribution in [1.29, 1.82) is 0 Å². The summed E-state index contributed by atoms with van der Waals surface area (Å²) < 4.78 is 10.7. The van der Waals surface area contributed by atoms with E-state index in [0.29, 0.717) is 35.0 Å². The Kier molecular flexibility index (Phi) is 5.47.